The molecule has 0 amide bonds. The van der Waals surface area contributed by atoms with E-state index in [-0.39, 0.29) is 21.9 Å². The van der Waals surface area contributed by atoms with Crippen LogP contribution in [0.2, 0.25) is 0 Å². The van der Waals surface area contributed by atoms with Gasteiger partial charge in [0, 0.05) is 11.6 Å². The quantitative estimate of drug-likeness (QED) is 0.851. The van der Waals surface area contributed by atoms with E-state index in [1.165, 1.54) is 32.2 Å². The van der Waals surface area contributed by atoms with Crippen LogP contribution in [0.15, 0.2) is 41.3 Å². The number of hydrogen-bond donors (Lipinski definition) is 1. The van der Waals surface area contributed by atoms with Crippen LogP contribution in [-0.4, -0.2) is 21.3 Å². The number of ketones is 1. The maximum atomic E-state index is 13.9. The van der Waals surface area contributed by atoms with Crippen molar-refractivity contribution in [2.45, 2.75) is 18.7 Å². The monoisotopic (exact) mass is 337 g/mol. The Morgan fingerprint density at radius 2 is 1.78 bits per heavy atom. The van der Waals surface area contributed by atoms with Crippen LogP contribution in [0, 0.1) is 12.7 Å². The van der Waals surface area contributed by atoms with Gasteiger partial charge in [-0.1, -0.05) is 17.7 Å². The molecule has 0 saturated heterocycles. The van der Waals surface area contributed by atoms with Gasteiger partial charge in [-0.2, -0.15) is 0 Å². The third-order valence-corrected chi connectivity index (χ3v) is 4.63. The van der Waals surface area contributed by atoms with Gasteiger partial charge in [0.2, 0.25) is 0 Å². The molecule has 2 rings (SSSR count). The molecule has 2 aromatic carbocycles. The lowest BCUT2D eigenvalue weighted by Gasteiger charge is -2.13. The third-order valence-electron chi connectivity index (χ3n) is 3.25. The molecule has 0 unspecified atom stereocenters. The molecule has 0 saturated carbocycles. The largest absolute Gasteiger partial charge is 0.494 e. The first-order chi connectivity index (χ1) is 10.7. The van der Waals surface area contributed by atoms with E-state index >= 15 is 0 Å². The first-order valence-electron chi connectivity index (χ1n) is 6.72. The van der Waals surface area contributed by atoms with Gasteiger partial charge >= 0.3 is 0 Å². The van der Waals surface area contributed by atoms with E-state index in [0.29, 0.717) is 0 Å². The zero-order valence-corrected chi connectivity index (χ0v) is 13.7. The van der Waals surface area contributed by atoms with Crippen LogP contribution in [0.3, 0.4) is 0 Å². The molecule has 23 heavy (non-hydrogen) atoms. The van der Waals surface area contributed by atoms with Gasteiger partial charge in [0.1, 0.15) is 0 Å². The Bertz CT molecular complexity index is 845. The number of sulfonamides is 1. The summed E-state index contributed by atoms with van der Waals surface area (Å²) in [5, 5.41) is 0. The molecule has 0 heterocycles. The summed E-state index contributed by atoms with van der Waals surface area (Å²) >= 11 is 0. The van der Waals surface area contributed by atoms with E-state index in [0.717, 1.165) is 11.6 Å². The van der Waals surface area contributed by atoms with Crippen molar-refractivity contribution >= 4 is 21.5 Å². The number of halogens is 1. The number of nitrogens with one attached hydrogen (secondary N) is 1. The Balaban J connectivity index is 2.48. The highest BCUT2D eigenvalue weighted by Gasteiger charge is 2.20. The summed E-state index contributed by atoms with van der Waals surface area (Å²) < 4.78 is 45.7. The van der Waals surface area contributed by atoms with Crippen molar-refractivity contribution in [3.8, 4) is 5.75 Å². The zero-order chi connectivity index (χ0) is 17.2. The van der Waals surface area contributed by atoms with Gasteiger partial charge in [-0.25, -0.2) is 12.8 Å². The predicted molar refractivity (Wildman–Crippen MR) is 84.9 cm³/mol. The first-order valence-corrected chi connectivity index (χ1v) is 8.21. The number of anilines is 1. The summed E-state index contributed by atoms with van der Waals surface area (Å²) in [5.41, 5.74) is 0.805. The summed E-state index contributed by atoms with van der Waals surface area (Å²) in [5.74, 6) is -1.31. The number of ether oxygens (including phenoxy) is 1. The highest BCUT2D eigenvalue weighted by atomic mass is 32.2. The normalized spacial score (nSPS) is 11.1. The minimum Gasteiger partial charge on any atom is -0.494 e. The molecular formula is C16H16FNO4S. The molecule has 0 atom stereocenters. The molecule has 0 bridgehead atoms. The Morgan fingerprint density at radius 1 is 1.17 bits per heavy atom. The molecule has 0 spiro atoms. The summed E-state index contributed by atoms with van der Waals surface area (Å²) in [6.45, 7) is 3.09. The first kappa shape index (κ1) is 17.0. The van der Waals surface area contributed by atoms with E-state index < -0.39 is 21.6 Å². The number of rotatable bonds is 5. The average molecular weight is 337 g/mol. The van der Waals surface area contributed by atoms with Gasteiger partial charge in [0.15, 0.2) is 17.3 Å². The van der Waals surface area contributed by atoms with Gasteiger partial charge in [-0.3, -0.25) is 9.52 Å². The molecule has 0 radical (unpaired) electrons. The summed E-state index contributed by atoms with van der Waals surface area (Å²) in [7, 11) is -2.67. The van der Waals surface area contributed by atoms with Crippen LogP contribution in [0.25, 0.3) is 0 Å². The SMILES string of the molecule is COc1cc(C(C)=O)c(NS(=O)(=O)c2ccc(C)cc2)cc1F. The van der Waals surface area contributed by atoms with Crippen molar-refractivity contribution in [2.75, 3.05) is 11.8 Å². The fourth-order valence-electron chi connectivity index (χ4n) is 2.01. The summed E-state index contributed by atoms with van der Waals surface area (Å²) in [6.07, 6.45) is 0. The van der Waals surface area contributed by atoms with Crippen LogP contribution < -0.4 is 9.46 Å². The molecule has 5 nitrogen and oxygen atoms in total. The Kier molecular flexibility index (Phi) is 4.70. The Hall–Kier alpha value is -2.41. The second-order valence-electron chi connectivity index (χ2n) is 5.01. The van der Waals surface area contributed by atoms with Crippen molar-refractivity contribution in [3.63, 3.8) is 0 Å². The number of benzene rings is 2. The third kappa shape index (κ3) is 3.68. The molecule has 0 aromatic heterocycles. The lowest BCUT2D eigenvalue weighted by Crippen LogP contribution is -2.15. The van der Waals surface area contributed by atoms with Gasteiger partial charge in [0.25, 0.3) is 10.0 Å². The second kappa shape index (κ2) is 6.37. The molecule has 122 valence electrons. The van der Waals surface area contributed by atoms with Gasteiger partial charge in [-0.15, -0.1) is 0 Å². The van der Waals surface area contributed by atoms with E-state index in [1.54, 1.807) is 12.1 Å². The van der Waals surface area contributed by atoms with Crippen LogP contribution in [0.4, 0.5) is 10.1 Å². The molecular weight excluding hydrogens is 321 g/mol. The molecule has 0 aliphatic heterocycles. The van der Waals surface area contributed by atoms with Crippen LogP contribution in [0.5, 0.6) is 5.75 Å². The number of carbonyl (C=O) groups is 1. The van der Waals surface area contributed by atoms with Crippen LogP contribution >= 0.6 is 0 Å². The minimum absolute atomic E-state index is 0.0221. The van der Waals surface area contributed by atoms with Gasteiger partial charge < -0.3 is 4.74 Å². The van der Waals surface area contributed by atoms with Crippen molar-refractivity contribution in [2.24, 2.45) is 0 Å². The van der Waals surface area contributed by atoms with E-state index in [4.69, 9.17) is 4.74 Å². The fourth-order valence-corrected chi connectivity index (χ4v) is 3.08. The predicted octanol–water partition coefficient (Wildman–Crippen LogP) is 3.15. The minimum atomic E-state index is -3.93. The molecule has 0 aliphatic rings. The summed E-state index contributed by atoms with van der Waals surface area (Å²) in [6, 6.07) is 8.27. The summed E-state index contributed by atoms with van der Waals surface area (Å²) in [4.78, 5) is 11.7. The van der Waals surface area contributed by atoms with Crippen molar-refractivity contribution in [1.82, 2.24) is 0 Å². The van der Waals surface area contributed by atoms with Crippen molar-refractivity contribution in [3.05, 3.63) is 53.3 Å². The fraction of sp³-hybridized carbons (Fsp3) is 0.188. The van der Waals surface area contributed by atoms with Crippen molar-refractivity contribution in [1.29, 1.82) is 0 Å². The van der Waals surface area contributed by atoms with Gasteiger partial charge in [-0.05, 0) is 32.0 Å². The molecule has 2 aromatic rings. The number of Topliss-reactive ketones (excluding diaryl/α,β-unsaturated/α-hetero) is 1. The maximum absolute atomic E-state index is 13.9. The maximum Gasteiger partial charge on any atom is 0.261 e. The second-order valence-corrected chi connectivity index (χ2v) is 6.69. The van der Waals surface area contributed by atoms with Crippen LogP contribution in [-0.2, 0) is 10.0 Å². The Labute approximate surface area is 134 Å². The number of hydrogen-bond acceptors (Lipinski definition) is 4. The average Bonchev–Trinajstić information content (AvgIpc) is 2.47. The van der Waals surface area contributed by atoms with Gasteiger partial charge in [0.05, 0.1) is 17.7 Å². The van der Waals surface area contributed by atoms with E-state index in [1.807, 2.05) is 6.92 Å². The smallest absolute Gasteiger partial charge is 0.261 e. The molecule has 7 heteroatoms. The lowest BCUT2D eigenvalue weighted by molar-refractivity contribution is 0.101. The van der Waals surface area contributed by atoms with E-state index in [9.17, 15) is 17.6 Å². The highest BCUT2D eigenvalue weighted by Crippen LogP contribution is 2.28. The lowest BCUT2D eigenvalue weighted by atomic mass is 10.1. The highest BCUT2D eigenvalue weighted by molar-refractivity contribution is 7.92. The molecule has 1 N–H and O–H groups in total. The van der Waals surface area contributed by atoms with Crippen LogP contribution in [0.1, 0.15) is 22.8 Å². The number of aryl methyl sites for hydroxylation is 1. The molecule has 0 aliphatic carbocycles. The number of methoxy groups -OCH3 is 1. The topological polar surface area (TPSA) is 72.5 Å². The van der Waals surface area contributed by atoms with E-state index in [2.05, 4.69) is 4.72 Å². The van der Waals surface area contributed by atoms with Crippen molar-refractivity contribution < 1.29 is 22.3 Å². The Morgan fingerprint density at radius 3 is 2.30 bits per heavy atom. The standard InChI is InChI=1S/C16H16FNO4S/c1-10-4-6-12(7-5-10)23(20,21)18-15-9-14(17)16(22-3)8-13(15)11(2)19/h4-9,18H,1-3H3. The molecule has 0 fully saturated rings. The zero-order valence-electron chi connectivity index (χ0n) is 12.9. The number of carbonyl (C=O) groups excluding carboxylic acids is 1.